The molecule has 0 radical (unpaired) electrons. The summed E-state index contributed by atoms with van der Waals surface area (Å²) in [6, 6.07) is 8.56. The Balaban J connectivity index is 1.95. The van der Waals surface area contributed by atoms with E-state index in [0.717, 1.165) is 25.3 Å². The maximum Gasteiger partial charge on any atom is 0.123 e. The van der Waals surface area contributed by atoms with Gasteiger partial charge in [-0.15, -0.1) is 0 Å². The van der Waals surface area contributed by atoms with Crippen LogP contribution in [-0.2, 0) is 13.0 Å². The number of fused-ring (bicyclic) bond motifs is 1. The summed E-state index contributed by atoms with van der Waals surface area (Å²) in [4.78, 5) is 0. The molecule has 0 aromatic heterocycles. The van der Waals surface area contributed by atoms with Gasteiger partial charge in [-0.25, -0.2) is 0 Å². The van der Waals surface area contributed by atoms with E-state index in [1.54, 1.807) is 0 Å². The maximum absolute atomic E-state index is 8.71. The van der Waals surface area contributed by atoms with Gasteiger partial charge in [0.2, 0.25) is 0 Å². The van der Waals surface area contributed by atoms with Crippen LogP contribution in [0.2, 0.25) is 0 Å². The van der Waals surface area contributed by atoms with Crippen molar-refractivity contribution in [3.8, 4) is 11.8 Å². The Kier molecular flexibility index (Phi) is 3.58. The minimum atomic E-state index is -0.0797. The molecule has 96 valence electrons. The third-order valence-corrected chi connectivity index (χ3v) is 3.13. The van der Waals surface area contributed by atoms with Gasteiger partial charge < -0.3 is 10.1 Å². The summed E-state index contributed by atoms with van der Waals surface area (Å²) in [5.74, 6) is 1.07. The predicted molar refractivity (Wildman–Crippen MR) is 71.3 cm³/mol. The van der Waals surface area contributed by atoms with Crippen molar-refractivity contribution in [2.24, 2.45) is 5.92 Å². The number of rotatable bonds is 4. The van der Waals surface area contributed by atoms with E-state index in [1.807, 2.05) is 6.92 Å². The standard InChI is InChI=1S/C15H20N2O/c1-11(8-16)9-17-10-12-4-5-14-13(6-12)7-15(2,3)18-14/h4-6,11,17H,7,9-10H2,1-3H3. The van der Waals surface area contributed by atoms with Crippen molar-refractivity contribution < 1.29 is 4.74 Å². The second kappa shape index (κ2) is 4.99. The Hall–Kier alpha value is -1.53. The number of hydrogen-bond donors (Lipinski definition) is 1. The smallest absolute Gasteiger partial charge is 0.123 e. The van der Waals surface area contributed by atoms with Gasteiger partial charge >= 0.3 is 0 Å². The zero-order chi connectivity index (χ0) is 13.2. The number of nitrogens with one attached hydrogen (secondary N) is 1. The normalized spacial score (nSPS) is 17.7. The minimum Gasteiger partial charge on any atom is -0.487 e. The number of nitriles is 1. The molecule has 0 bridgehead atoms. The van der Waals surface area contributed by atoms with Gasteiger partial charge in [0.15, 0.2) is 0 Å². The van der Waals surface area contributed by atoms with Crippen LogP contribution in [0.1, 0.15) is 31.9 Å². The summed E-state index contributed by atoms with van der Waals surface area (Å²) in [6.07, 6.45) is 0.963. The summed E-state index contributed by atoms with van der Waals surface area (Å²) in [7, 11) is 0. The van der Waals surface area contributed by atoms with Crippen LogP contribution in [0.3, 0.4) is 0 Å². The van der Waals surface area contributed by atoms with Gasteiger partial charge in [0.05, 0.1) is 12.0 Å². The van der Waals surface area contributed by atoms with Crippen molar-refractivity contribution in [3.63, 3.8) is 0 Å². The van der Waals surface area contributed by atoms with Crippen LogP contribution >= 0.6 is 0 Å². The molecular formula is C15H20N2O. The number of nitrogens with zero attached hydrogens (tertiary/aromatic N) is 1. The van der Waals surface area contributed by atoms with E-state index in [0.29, 0.717) is 0 Å². The highest BCUT2D eigenvalue weighted by Crippen LogP contribution is 2.35. The topological polar surface area (TPSA) is 45.0 Å². The van der Waals surface area contributed by atoms with Crippen molar-refractivity contribution in [1.82, 2.24) is 5.32 Å². The second-order valence-electron chi connectivity index (χ2n) is 5.64. The molecule has 0 fully saturated rings. The van der Waals surface area contributed by atoms with Crippen molar-refractivity contribution in [3.05, 3.63) is 29.3 Å². The molecular weight excluding hydrogens is 224 g/mol. The zero-order valence-corrected chi connectivity index (χ0v) is 11.3. The molecule has 0 aliphatic carbocycles. The molecule has 1 N–H and O–H groups in total. The van der Waals surface area contributed by atoms with E-state index in [9.17, 15) is 0 Å². The number of benzene rings is 1. The molecule has 1 aromatic rings. The molecule has 1 aromatic carbocycles. The van der Waals surface area contributed by atoms with Crippen LogP contribution in [-0.4, -0.2) is 12.1 Å². The Bertz CT molecular complexity index is 474. The molecule has 1 aliphatic rings. The first-order valence-electron chi connectivity index (χ1n) is 6.41. The summed E-state index contributed by atoms with van der Waals surface area (Å²) in [5, 5.41) is 12.0. The highest BCUT2D eigenvalue weighted by molar-refractivity contribution is 5.41. The lowest BCUT2D eigenvalue weighted by Crippen LogP contribution is -2.24. The average molecular weight is 244 g/mol. The lowest BCUT2D eigenvalue weighted by Gasteiger charge is -2.16. The molecule has 1 atom stereocenters. The molecule has 1 unspecified atom stereocenters. The number of hydrogen-bond acceptors (Lipinski definition) is 3. The van der Waals surface area contributed by atoms with Crippen molar-refractivity contribution in [2.75, 3.05) is 6.54 Å². The van der Waals surface area contributed by atoms with Gasteiger partial charge in [-0.05, 0) is 38.0 Å². The van der Waals surface area contributed by atoms with E-state index in [2.05, 4.69) is 43.4 Å². The van der Waals surface area contributed by atoms with E-state index < -0.39 is 0 Å². The Labute approximate surface area is 109 Å². The predicted octanol–water partition coefficient (Wildman–Crippen LogP) is 2.65. The van der Waals surface area contributed by atoms with Gasteiger partial charge in [0.1, 0.15) is 11.4 Å². The van der Waals surface area contributed by atoms with Crippen LogP contribution in [0, 0.1) is 17.2 Å². The molecule has 3 heteroatoms. The molecule has 1 aliphatic heterocycles. The fraction of sp³-hybridized carbons (Fsp3) is 0.533. The largest absolute Gasteiger partial charge is 0.487 e. The van der Waals surface area contributed by atoms with Crippen LogP contribution in [0.5, 0.6) is 5.75 Å². The van der Waals surface area contributed by atoms with E-state index in [-0.39, 0.29) is 11.5 Å². The lowest BCUT2D eigenvalue weighted by molar-refractivity contribution is 0.138. The molecule has 3 nitrogen and oxygen atoms in total. The summed E-state index contributed by atoms with van der Waals surface area (Å²) < 4.78 is 5.85. The highest BCUT2D eigenvalue weighted by atomic mass is 16.5. The van der Waals surface area contributed by atoms with Crippen molar-refractivity contribution >= 4 is 0 Å². The van der Waals surface area contributed by atoms with Gasteiger partial charge in [-0.2, -0.15) is 5.26 Å². The highest BCUT2D eigenvalue weighted by Gasteiger charge is 2.29. The van der Waals surface area contributed by atoms with Crippen LogP contribution < -0.4 is 10.1 Å². The average Bonchev–Trinajstić information content (AvgIpc) is 2.62. The van der Waals surface area contributed by atoms with E-state index >= 15 is 0 Å². The Morgan fingerprint density at radius 2 is 2.28 bits per heavy atom. The van der Waals surface area contributed by atoms with E-state index in [1.165, 1.54) is 11.1 Å². The van der Waals surface area contributed by atoms with Gasteiger partial charge in [0, 0.05) is 19.5 Å². The fourth-order valence-electron chi connectivity index (χ4n) is 2.25. The molecule has 0 amide bonds. The molecule has 2 rings (SSSR count). The summed E-state index contributed by atoms with van der Waals surface area (Å²) in [5.41, 5.74) is 2.46. The lowest BCUT2D eigenvalue weighted by atomic mass is 10.0. The number of ether oxygens (including phenoxy) is 1. The van der Waals surface area contributed by atoms with Crippen molar-refractivity contribution in [1.29, 1.82) is 5.26 Å². The first-order valence-corrected chi connectivity index (χ1v) is 6.41. The Morgan fingerprint density at radius 1 is 1.50 bits per heavy atom. The minimum absolute atomic E-state index is 0.0571. The van der Waals surface area contributed by atoms with Crippen LogP contribution in [0.15, 0.2) is 18.2 Å². The third kappa shape index (κ3) is 3.02. The summed E-state index contributed by atoms with van der Waals surface area (Å²) in [6.45, 7) is 7.68. The molecule has 18 heavy (non-hydrogen) atoms. The quantitative estimate of drug-likeness (QED) is 0.885. The Morgan fingerprint density at radius 3 is 3.00 bits per heavy atom. The fourth-order valence-corrected chi connectivity index (χ4v) is 2.25. The summed E-state index contributed by atoms with van der Waals surface area (Å²) >= 11 is 0. The first-order chi connectivity index (χ1) is 8.50. The monoisotopic (exact) mass is 244 g/mol. The first kappa shape index (κ1) is 12.9. The van der Waals surface area contributed by atoms with Crippen LogP contribution in [0.4, 0.5) is 0 Å². The zero-order valence-electron chi connectivity index (χ0n) is 11.3. The third-order valence-electron chi connectivity index (χ3n) is 3.13. The SMILES string of the molecule is CC(C#N)CNCc1ccc2c(c1)CC(C)(C)O2. The molecule has 0 saturated carbocycles. The van der Waals surface area contributed by atoms with Gasteiger partial charge in [-0.3, -0.25) is 0 Å². The molecule has 1 heterocycles. The molecule has 0 spiro atoms. The molecule has 0 saturated heterocycles. The van der Waals surface area contributed by atoms with Gasteiger partial charge in [0.25, 0.3) is 0 Å². The van der Waals surface area contributed by atoms with Crippen LogP contribution in [0.25, 0.3) is 0 Å². The van der Waals surface area contributed by atoms with E-state index in [4.69, 9.17) is 10.00 Å². The maximum atomic E-state index is 8.71. The van der Waals surface area contributed by atoms with Gasteiger partial charge in [-0.1, -0.05) is 12.1 Å². The second-order valence-corrected chi connectivity index (χ2v) is 5.64. The van der Waals surface area contributed by atoms with Crippen molar-refractivity contribution in [2.45, 2.75) is 39.3 Å².